The van der Waals surface area contributed by atoms with Gasteiger partial charge < -0.3 is 16.0 Å². The molecule has 2 heterocycles. The van der Waals surface area contributed by atoms with Crippen molar-refractivity contribution in [2.24, 2.45) is 5.73 Å². The number of thiophene rings is 1. The largest absolute Gasteiger partial charge is 0.352 e. The second-order valence-electron chi connectivity index (χ2n) is 5.84. The molecule has 0 saturated carbocycles. The van der Waals surface area contributed by atoms with Crippen LogP contribution in [0.2, 0.25) is 0 Å². The number of rotatable bonds is 4. The summed E-state index contributed by atoms with van der Waals surface area (Å²) in [5.41, 5.74) is 5.41. The average molecular weight is 295 g/mol. The van der Waals surface area contributed by atoms with Gasteiger partial charge in [0.05, 0.1) is 4.88 Å². The first kappa shape index (κ1) is 15.0. The van der Waals surface area contributed by atoms with Gasteiger partial charge in [-0.1, -0.05) is 6.07 Å². The van der Waals surface area contributed by atoms with E-state index in [1.54, 1.807) is 11.0 Å². The van der Waals surface area contributed by atoms with Crippen LogP contribution in [0.1, 0.15) is 36.4 Å². The zero-order valence-corrected chi connectivity index (χ0v) is 12.7. The Bertz CT molecular complexity index is 479. The summed E-state index contributed by atoms with van der Waals surface area (Å²) in [5.74, 6) is -0.157. The Labute approximate surface area is 123 Å². The zero-order valence-electron chi connectivity index (χ0n) is 11.9. The molecule has 110 valence electrons. The molecule has 1 aromatic heterocycles. The Morgan fingerprint density at radius 1 is 1.55 bits per heavy atom. The SMILES string of the molecule is CC(C)(N)CNC(=O)C1CCCN1C(=O)c1cccs1. The van der Waals surface area contributed by atoms with Gasteiger partial charge in [0.25, 0.3) is 5.91 Å². The number of nitrogens with one attached hydrogen (secondary N) is 1. The minimum atomic E-state index is -0.448. The van der Waals surface area contributed by atoms with Gasteiger partial charge >= 0.3 is 0 Å². The van der Waals surface area contributed by atoms with Crippen molar-refractivity contribution < 1.29 is 9.59 Å². The fourth-order valence-corrected chi connectivity index (χ4v) is 2.94. The second-order valence-corrected chi connectivity index (χ2v) is 6.79. The van der Waals surface area contributed by atoms with Crippen LogP contribution in [0.25, 0.3) is 0 Å². The van der Waals surface area contributed by atoms with Crippen molar-refractivity contribution >= 4 is 23.2 Å². The van der Waals surface area contributed by atoms with E-state index < -0.39 is 5.54 Å². The highest BCUT2D eigenvalue weighted by molar-refractivity contribution is 7.12. The molecule has 2 amide bonds. The number of carbonyl (C=O) groups excluding carboxylic acids is 2. The van der Waals surface area contributed by atoms with Gasteiger partial charge in [0.1, 0.15) is 6.04 Å². The quantitative estimate of drug-likeness (QED) is 0.876. The van der Waals surface area contributed by atoms with E-state index in [4.69, 9.17) is 5.73 Å². The summed E-state index contributed by atoms with van der Waals surface area (Å²) >= 11 is 1.41. The number of amides is 2. The highest BCUT2D eigenvalue weighted by Gasteiger charge is 2.35. The summed E-state index contributed by atoms with van der Waals surface area (Å²) in [5, 5.41) is 4.71. The molecule has 1 fully saturated rings. The maximum Gasteiger partial charge on any atom is 0.264 e. The lowest BCUT2D eigenvalue weighted by molar-refractivity contribution is -0.125. The van der Waals surface area contributed by atoms with Crippen LogP contribution in [0.15, 0.2) is 17.5 Å². The smallest absolute Gasteiger partial charge is 0.264 e. The van der Waals surface area contributed by atoms with Crippen LogP contribution in [-0.2, 0) is 4.79 Å². The molecule has 1 aromatic rings. The van der Waals surface area contributed by atoms with Crippen LogP contribution in [-0.4, -0.2) is 41.4 Å². The molecule has 0 spiro atoms. The van der Waals surface area contributed by atoms with Gasteiger partial charge in [-0.25, -0.2) is 0 Å². The van der Waals surface area contributed by atoms with Crippen molar-refractivity contribution in [1.29, 1.82) is 0 Å². The van der Waals surface area contributed by atoms with Crippen LogP contribution in [0.3, 0.4) is 0 Å². The normalized spacial score (nSPS) is 19.1. The fraction of sp³-hybridized carbons (Fsp3) is 0.571. The van der Waals surface area contributed by atoms with E-state index in [1.165, 1.54) is 11.3 Å². The molecular formula is C14H21N3O2S. The van der Waals surface area contributed by atoms with Crippen molar-refractivity contribution in [3.05, 3.63) is 22.4 Å². The van der Waals surface area contributed by atoms with Crippen molar-refractivity contribution in [3.63, 3.8) is 0 Å². The lowest BCUT2D eigenvalue weighted by Crippen LogP contribution is -2.51. The van der Waals surface area contributed by atoms with Crippen LogP contribution in [0.5, 0.6) is 0 Å². The first-order valence-corrected chi connectivity index (χ1v) is 7.67. The Kier molecular flexibility index (Phi) is 4.45. The summed E-state index contributed by atoms with van der Waals surface area (Å²) in [6, 6.07) is 3.27. The summed E-state index contributed by atoms with van der Waals surface area (Å²) < 4.78 is 0. The van der Waals surface area contributed by atoms with E-state index in [0.29, 0.717) is 24.4 Å². The lowest BCUT2D eigenvalue weighted by atomic mass is 10.1. The molecule has 1 atom stereocenters. The van der Waals surface area contributed by atoms with E-state index in [0.717, 1.165) is 6.42 Å². The van der Waals surface area contributed by atoms with Gasteiger partial charge in [-0.2, -0.15) is 0 Å². The predicted octanol–water partition coefficient (Wildman–Crippen LogP) is 1.21. The highest BCUT2D eigenvalue weighted by Crippen LogP contribution is 2.22. The summed E-state index contributed by atoms with van der Waals surface area (Å²) in [7, 11) is 0. The Balaban J connectivity index is 2.00. The molecule has 1 aliphatic rings. The third-order valence-corrected chi connectivity index (χ3v) is 4.12. The van der Waals surface area contributed by atoms with E-state index in [1.807, 2.05) is 25.3 Å². The lowest BCUT2D eigenvalue weighted by Gasteiger charge is -2.25. The topological polar surface area (TPSA) is 75.4 Å². The molecule has 0 aliphatic carbocycles. The Hall–Kier alpha value is -1.40. The number of nitrogens with zero attached hydrogens (tertiary/aromatic N) is 1. The third kappa shape index (κ3) is 3.58. The summed E-state index contributed by atoms with van der Waals surface area (Å²) in [4.78, 5) is 26.9. The number of carbonyl (C=O) groups is 2. The van der Waals surface area contributed by atoms with Gasteiger partial charge in [-0.15, -0.1) is 11.3 Å². The van der Waals surface area contributed by atoms with Crippen LogP contribution in [0.4, 0.5) is 0 Å². The van der Waals surface area contributed by atoms with Gasteiger partial charge in [0.2, 0.25) is 5.91 Å². The number of likely N-dealkylation sites (tertiary alicyclic amines) is 1. The monoisotopic (exact) mass is 295 g/mol. The fourth-order valence-electron chi connectivity index (χ4n) is 2.26. The molecule has 20 heavy (non-hydrogen) atoms. The van der Waals surface area contributed by atoms with E-state index in [-0.39, 0.29) is 17.9 Å². The molecule has 0 bridgehead atoms. The molecule has 5 nitrogen and oxygen atoms in total. The van der Waals surface area contributed by atoms with Crippen LogP contribution < -0.4 is 11.1 Å². The molecular weight excluding hydrogens is 274 g/mol. The number of hydrogen-bond acceptors (Lipinski definition) is 4. The minimum Gasteiger partial charge on any atom is -0.352 e. The molecule has 1 unspecified atom stereocenters. The molecule has 2 rings (SSSR count). The summed E-state index contributed by atoms with van der Waals surface area (Å²) in [6.07, 6.45) is 1.58. The minimum absolute atomic E-state index is 0.0512. The maximum absolute atomic E-state index is 12.4. The van der Waals surface area contributed by atoms with Crippen LogP contribution in [0, 0.1) is 0 Å². The summed E-state index contributed by atoms with van der Waals surface area (Å²) in [6.45, 7) is 4.76. The molecule has 1 saturated heterocycles. The Morgan fingerprint density at radius 2 is 2.30 bits per heavy atom. The molecule has 0 aromatic carbocycles. The molecule has 6 heteroatoms. The first-order valence-electron chi connectivity index (χ1n) is 6.79. The predicted molar refractivity (Wildman–Crippen MR) is 79.7 cm³/mol. The number of nitrogens with two attached hydrogens (primary N) is 1. The van der Waals surface area contributed by atoms with Crippen molar-refractivity contribution in [2.45, 2.75) is 38.3 Å². The van der Waals surface area contributed by atoms with E-state index >= 15 is 0 Å². The van der Waals surface area contributed by atoms with Crippen molar-refractivity contribution in [2.75, 3.05) is 13.1 Å². The maximum atomic E-state index is 12.4. The molecule has 0 radical (unpaired) electrons. The van der Waals surface area contributed by atoms with Gasteiger partial charge in [0, 0.05) is 18.6 Å². The van der Waals surface area contributed by atoms with Crippen LogP contribution >= 0.6 is 11.3 Å². The Morgan fingerprint density at radius 3 is 2.90 bits per heavy atom. The van der Waals surface area contributed by atoms with Gasteiger partial charge in [-0.3, -0.25) is 9.59 Å². The van der Waals surface area contributed by atoms with E-state index in [9.17, 15) is 9.59 Å². The second kappa shape index (κ2) is 5.93. The third-order valence-electron chi connectivity index (χ3n) is 3.27. The van der Waals surface area contributed by atoms with Crippen molar-refractivity contribution in [1.82, 2.24) is 10.2 Å². The first-order chi connectivity index (χ1) is 9.38. The zero-order chi connectivity index (χ0) is 14.8. The molecule has 1 aliphatic heterocycles. The van der Waals surface area contributed by atoms with Crippen molar-refractivity contribution in [3.8, 4) is 0 Å². The molecule has 3 N–H and O–H groups in total. The standard InChI is InChI=1S/C14H21N3O2S/c1-14(2,15)9-16-12(18)10-5-3-7-17(10)13(19)11-6-4-8-20-11/h4,6,8,10H,3,5,7,9,15H2,1-2H3,(H,16,18). The van der Waals surface area contributed by atoms with E-state index in [2.05, 4.69) is 5.32 Å². The number of hydrogen-bond donors (Lipinski definition) is 2. The highest BCUT2D eigenvalue weighted by atomic mass is 32.1. The van der Waals surface area contributed by atoms with Gasteiger partial charge in [-0.05, 0) is 38.1 Å². The van der Waals surface area contributed by atoms with Gasteiger partial charge in [0.15, 0.2) is 0 Å². The average Bonchev–Trinajstić information content (AvgIpc) is 3.04.